The summed E-state index contributed by atoms with van der Waals surface area (Å²) < 4.78 is 10.7. The van der Waals surface area contributed by atoms with E-state index in [0.29, 0.717) is 12.3 Å². The molecule has 0 radical (unpaired) electrons. The van der Waals surface area contributed by atoms with E-state index in [1.54, 1.807) is 14.2 Å². The van der Waals surface area contributed by atoms with Crippen LogP contribution in [0.5, 0.6) is 11.5 Å². The Morgan fingerprint density at radius 3 is 2.24 bits per heavy atom. The summed E-state index contributed by atoms with van der Waals surface area (Å²) in [5.74, 6) is 1.43. The minimum Gasteiger partial charge on any atom is -0.497 e. The van der Waals surface area contributed by atoms with Crippen LogP contribution in [0, 0.1) is 0 Å². The lowest BCUT2D eigenvalue weighted by molar-refractivity contribution is 0.237. The van der Waals surface area contributed by atoms with Crippen LogP contribution in [0.25, 0.3) is 0 Å². The smallest absolute Gasteiger partial charge is 0.315 e. The van der Waals surface area contributed by atoms with Crippen molar-refractivity contribution in [1.82, 2.24) is 15.5 Å². The van der Waals surface area contributed by atoms with E-state index in [4.69, 9.17) is 9.47 Å². The van der Waals surface area contributed by atoms with E-state index in [-0.39, 0.29) is 12.1 Å². The third-order valence-corrected chi connectivity index (χ3v) is 5.03. The third-order valence-electron chi connectivity index (χ3n) is 5.03. The number of carbonyl (C=O) groups excluding carboxylic acids is 1. The molecule has 2 N–H and O–H groups in total. The zero-order chi connectivity index (χ0) is 21.2. The van der Waals surface area contributed by atoms with Gasteiger partial charge in [0, 0.05) is 18.7 Å². The van der Waals surface area contributed by atoms with Gasteiger partial charge in [0.15, 0.2) is 0 Å². The van der Waals surface area contributed by atoms with Crippen molar-refractivity contribution < 1.29 is 14.3 Å². The van der Waals surface area contributed by atoms with Gasteiger partial charge < -0.3 is 20.1 Å². The van der Waals surface area contributed by atoms with Crippen LogP contribution in [0.2, 0.25) is 0 Å². The first kappa shape index (κ1) is 22.6. The first-order valence-corrected chi connectivity index (χ1v) is 10.1. The predicted octanol–water partition coefficient (Wildman–Crippen LogP) is 4.11. The van der Waals surface area contributed by atoms with E-state index in [1.807, 2.05) is 25.1 Å². The van der Waals surface area contributed by atoms with Gasteiger partial charge in [-0.2, -0.15) is 0 Å². The molecule has 0 spiro atoms. The van der Waals surface area contributed by atoms with Crippen LogP contribution in [0.1, 0.15) is 43.5 Å². The van der Waals surface area contributed by atoms with Crippen LogP contribution in [-0.4, -0.2) is 38.2 Å². The monoisotopic (exact) mass is 399 g/mol. The molecule has 158 valence electrons. The highest BCUT2D eigenvalue weighted by Crippen LogP contribution is 2.29. The summed E-state index contributed by atoms with van der Waals surface area (Å²) in [5.41, 5.74) is 3.21. The molecule has 6 heteroatoms. The molecule has 1 atom stereocenters. The molecule has 0 aliphatic rings. The normalized spacial score (nSPS) is 11.8. The molecule has 0 aliphatic carbocycles. The number of rotatable bonds is 10. The average molecular weight is 400 g/mol. The number of methoxy groups -OCH3 is 2. The number of amides is 2. The summed E-state index contributed by atoms with van der Waals surface area (Å²) >= 11 is 0. The summed E-state index contributed by atoms with van der Waals surface area (Å²) in [6.07, 6.45) is 0. The molecule has 0 saturated heterocycles. The Balaban J connectivity index is 1.89. The minimum absolute atomic E-state index is 0.225. The molecular weight excluding hydrogens is 366 g/mol. The molecule has 0 heterocycles. The number of hydrogen-bond acceptors (Lipinski definition) is 4. The summed E-state index contributed by atoms with van der Waals surface area (Å²) in [6, 6.07) is 13.5. The number of benzene rings is 2. The first-order chi connectivity index (χ1) is 14.0. The molecule has 1 unspecified atom stereocenters. The van der Waals surface area contributed by atoms with Crippen molar-refractivity contribution in [3.63, 3.8) is 0 Å². The molecule has 2 aromatic rings. The maximum Gasteiger partial charge on any atom is 0.315 e. The van der Waals surface area contributed by atoms with Gasteiger partial charge in [-0.25, -0.2) is 4.79 Å². The van der Waals surface area contributed by atoms with Crippen molar-refractivity contribution in [3.8, 4) is 11.5 Å². The SMILES string of the molecule is CCN(CC)Cc1ccc(CNC(=O)NC(C)c2cc(OC)ccc2OC)cc1. The Hall–Kier alpha value is -2.73. The van der Waals surface area contributed by atoms with E-state index >= 15 is 0 Å². The fourth-order valence-corrected chi connectivity index (χ4v) is 3.15. The van der Waals surface area contributed by atoms with Gasteiger partial charge in [0.05, 0.1) is 20.3 Å². The lowest BCUT2D eigenvalue weighted by atomic mass is 10.1. The Kier molecular flexibility index (Phi) is 8.80. The Labute approximate surface area is 174 Å². The second-order valence-electron chi connectivity index (χ2n) is 6.93. The molecule has 2 rings (SSSR count). The largest absolute Gasteiger partial charge is 0.497 e. The van der Waals surface area contributed by atoms with Crippen molar-refractivity contribution in [2.24, 2.45) is 0 Å². The number of nitrogens with one attached hydrogen (secondary N) is 2. The van der Waals surface area contributed by atoms with Gasteiger partial charge in [-0.1, -0.05) is 38.1 Å². The predicted molar refractivity (Wildman–Crippen MR) is 116 cm³/mol. The number of hydrogen-bond donors (Lipinski definition) is 2. The van der Waals surface area contributed by atoms with Gasteiger partial charge >= 0.3 is 6.03 Å². The maximum atomic E-state index is 12.3. The van der Waals surface area contributed by atoms with Gasteiger partial charge in [0.1, 0.15) is 11.5 Å². The molecule has 6 nitrogen and oxygen atoms in total. The van der Waals surface area contributed by atoms with Gasteiger partial charge in [0.25, 0.3) is 0 Å². The lowest BCUT2D eigenvalue weighted by Crippen LogP contribution is -2.36. The summed E-state index contributed by atoms with van der Waals surface area (Å²) in [7, 11) is 3.23. The van der Waals surface area contributed by atoms with E-state index in [9.17, 15) is 4.79 Å². The number of urea groups is 1. The fraction of sp³-hybridized carbons (Fsp3) is 0.435. The number of ether oxygens (including phenoxy) is 2. The zero-order valence-electron chi connectivity index (χ0n) is 18.1. The zero-order valence-corrected chi connectivity index (χ0v) is 18.1. The van der Waals surface area contributed by atoms with Gasteiger partial charge in [-0.05, 0) is 49.3 Å². The summed E-state index contributed by atoms with van der Waals surface area (Å²) in [4.78, 5) is 14.7. The lowest BCUT2D eigenvalue weighted by Gasteiger charge is -2.19. The van der Waals surface area contributed by atoms with Crippen molar-refractivity contribution >= 4 is 6.03 Å². The summed E-state index contributed by atoms with van der Waals surface area (Å²) in [5, 5.41) is 5.87. The van der Waals surface area contributed by atoms with Crippen molar-refractivity contribution in [2.45, 2.75) is 39.9 Å². The standard InChI is InChI=1S/C23H33N3O3/c1-6-26(7-2)16-19-10-8-18(9-11-19)15-24-23(27)25-17(3)21-14-20(28-4)12-13-22(21)29-5/h8-14,17H,6-7,15-16H2,1-5H3,(H2,24,25,27). The fourth-order valence-electron chi connectivity index (χ4n) is 3.15. The quantitative estimate of drug-likeness (QED) is 0.631. The third kappa shape index (κ3) is 6.68. The van der Waals surface area contributed by atoms with Crippen LogP contribution in [0.4, 0.5) is 4.79 Å². The molecule has 0 aromatic heterocycles. The van der Waals surface area contributed by atoms with Crippen LogP contribution in [-0.2, 0) is 13.1 Å². The topological polar surface area (TPSA) is 62.8 Å². The Morgan fingerprint density at radius 1 is 1.00 bits per heavy atom. The van der Waals surface area contributed by atoms with Crippen LogP contribution < -0.4 is 20.1 Å². The van der Waals surface area contributed by atoms with Crippen molar-refractivity contribution in [3.05, 3.63) is 59.2 Å². The molecular formula is C23H33N3O3. The molecule has 2 aromatic carbocycles. The number of nitrogens with zero attached hydrogens (tertiary/aromatic N) is 1. The molecule has 0 saturated carbocycles. The van der Waals surface area contributed by atoms with E-state index in [0.717, 1.165) is 36.5 Å². The van der Waals surface area contributed by atoms with Crippen molar-refractivity contribution in [1.29, 1.82) is 0 Å². The Morgan fingerprint density at radius 2 is 1.66 bits per heavy atom. The van der Waals surface area contributed by atoms with Crippen LogP contribution >= 0.6 is 0 Å². The van der Waals surface area contributed by atoms with Crippen molar-refractivity contribution in [2.75, 3.05) is 27.3 Å². The van der Waals surface area contributed by atoms with Crippen LogP contribution in [0.3, 0.4) is 0 Å². The molecule has 0 bridgehead atoms. The second-order valence-corrected chi connectivity index (χ2v) is 6.93. The highest BCUT2D eigenvalue weighted by Gasteiger charge is 2.15. The highest BCUT2D eigenvalue weighted by molar-refractivity contribution is 5.74. The molecule has 2 amide bonds. The van der Waals surface area contributed by atoms with Crippen LogP contribution in [0.15, 0.2) is 42.5 Å². The summed E-state index contributed by atoms with van der Waals surface area (Å²) in [6.45, 7) is 9.75. The van der Waals surface area contributed by atoms with Gasteiger partial charge in [-0.15, -0.1) is 0 Å². The second kappa shape index (κ2) is 11.3. The minimum atomic E-state index is -0.227. The van der Waals surface area contributed by atoms with E-state index in [1.165, 1.54) is 5.56 Å². The molecule has 0 fully saturated rings. The molecule has 0 aliphatic heterocycles. The van der Waals surface area contributed by atoms with E-state index < -0.39 is 0 Å². The number of carbonyl (C=O) groups is 1. The Bertz CT molecular complexity index is 773. The van der Waals surface area contributed by atoms with Gasteiger partial charge in [-0.3, -0.25) is 4.90 Å². The van der Waals surface area contributed by atoms with Gasteiger partial charge in [0.2, 0.25) is 0 Å². The first-order valence-electron chi connectivity index (χ1n) is 10.1. The average Bonchev–Trinajstić information content (AvgIpc) is 2.76. The van der Waals surface area contributed by atoms with E-state index in [2.05, 4.69) is 53.6 Å². The highest BCUT2D eigenvalue weighted by atomic mass is 16.5. The maximum absolute atomic E-state index is 12.3. The molecule has 29 heavy (non-hydrogen) atoms.